The zero-order valence-corrected chi connectivity index (χ0v) is 18.6. The van der Waals surface area contributed by atoms with E-state index in [0.717, 1.165) is 27.2 Å². The van der Waals surface area contributed by atoms with Gasteiger partial charge in [0.15, 0.2) is 6.61 Å². The van der Waals surface area contributed by atoms with E-state index < -0.39 is 5.97 Å². The molecule has 6 nitrogen and oxygen atoms in total. The number of aromatic nitrogens is 2. The molecule has 4 rings (SSSR count). The van der Waals surface area contributed by atoms with E-state index in [0.29, 0.717) is 16.4 Å². The second kappa shape index (κ2) is 8.91. The average molecular weight is 454 g/mol. The lowest BCUT2D eigenvalue weighted by molar-refractivity contribution is -0.133. The fourth-order valence-electron chi connectivity index (χ4n) is 3.16. The highest BCUT2D eigenvalue weighted by atomic mass is 35.5. The van der Waals surface area contributed by atoms with Gasteiger partial charge in [-0.25, -0.2) is 9.48 Å². The van der Waals surface area contributed by atoms with Crippen LogP contribution in [0.15, 0.2) is 60.7 Å². The first-order valence-corrected chi connectivity index (χ1v) is 10.8. The van der Waals surface area contributed by atoms with Gasteiger partial charge in [-0.05, 0) is 42.8 Å². The fraction of sp³-hybridized carbons (Fsp3) is 0.174. The maximum Gasteiger partial charge on any atom is 0.348 e. The van der Waals surface area contributed by atoms with Gasteiger partial charge in [-0.3, -0.25) is 4.79 Å². The van der Waals surface area contributed by atoms with Gasteiger partial charge in [0.05, 0.1) is 11.4 Å². The van der Waals surface area contributed by atoms with Crippen molar-refractivity contribution in [3.8, 4) is 5.69 Å². The van der Waals surface area contributed by atoms with Crippen molar-refractivity contribution in [3.05, 3.63) is 81.8 Å². The molecule has 0 N–H and O–H groups in total. The number of rotatable bonds is 6. The van der Waals surface area contributed by atoms with Gasteiger partial charge in [-0.1, -0.05) is 41.9 Å². The Bertz CT molecular complexity index is 1230. The Morgan fingerprint density at radius 3 is 2.55 bits per heavy atom. The Kier molecular flexibility index (Phi) is 6.06. The molecule has 0 aliphatic rings. The van der Waals surface area contributed by atoms with E-state index in [-0.39, 0.29) is 12.5 Å². The monoisotopic (exact) mass is 453 g/mol. The van der Waals surface area contributed by atoms with E-state index in [1.165, 1.54) is 16.2 Å². The maximum atomic E-state index is 12.6. The molecular formula is C23H20ClN3O3S. The molecular weight excluding hydrogens is 434 g/mol. The van der Waals surface area contributed by atoms with Crippen LogP contribution in [0.4, 0.5) is 0 Å². The topological polar surface area (TPSA) is 64.4 Å². The minimum absolute atomic E-state index is 0.262. The predicted molar refractivity (Wildman–Crippen MR) is 122 cm³/mol. The smallest absolute Gasteiger partial charge is 0.348 e. The van der Waals surface area contributed by atoms with E-state index in [9.17, 15) is 9.59 Å². The number of amides is 1. The van der Waals surface area contributed by atoms with Gasteiger partial charge in [0.1, 0.15) is 9.71 Å². The Hall–Kier alpha value is -3.16. The van der Waals surface area contributed by atoms with Crippen molar-refractivity contribution >= 4 is 45.0 Å². The van der Waals surface area contributed by atoms with Crippen LogP contribution in [0.5, 0.6) is 0 Å². The quantitative estimate of drug-likeness (QED) is 0.391. The highest BCUT2D eigenvalue weighted by molar-refractivity contribution is 7.20. The predicted octanol–water partition coefficient (Wildman–Crippen LogP) is 4.86. The molecule has 158 valence electrons. The average Bonchev–Trinajstić information content (AvgIpc) is 3.34. The van der Waals surface area contributed by atoms with Gasteiger partial charge in [-0.2, -0.15) is 5.10 Å². The molecule has 0 aliphatic heterocycles. The summed E-state index contributed by atoms with van der Waals surface area (Å²) in [6.45, 7) is 2.04. The molecule has 0 atom stereocenters. The number of benzene rings is 2. The second-order valence-electron chi connectivity index (χ2n) is 7.11. The standard InChI is InChI=1S/C23H20ClN3O3S/c1-15-19-12-20(31-22(19)27(25-15)18-10-8-17(24)9-11-18)23(29)30-14-21(28)26(2)13-16-6-4-3-5-7-16/h3-12H,13-14H2,1-2H3. The van der Waals surface area contributed by atoms with Crippen LogP contribution < -0.4 is 0 Å². The third-order valence-corrected chi connectivity index (χ3v) is 6.17. The van der Waals surface area contributed by atoms with Crippen LogP contribution in [-0.4, -0.2) is 40.2 Å². The molecule has 0 unspecified atom stereocenters. The number of thiophene rings is 1. The minimum atomic E-state index is -0.523. The molecule has 0 bridgehead atoms. The molecule has 8 heteroatoms. The number of carbonyl (C=O) groups excluding carboxylic acids is 2. The van der Waals surface area contributed by atoms with Gasteiger partial charge in [0.25, 0.3) is 5.91 Å². The van der Waals surface area contributed by atoms with E-state index in [2.05, 4.69) is 5.10 Å². The number of ether oxygens (including phenoxy) is 1. The van der Waals surface area contributed by atoms with Crippen LogP contribution >= 0.6 is 22.9 Å². The molecule has 0 saturated heterocycles. The Labute approximate surface area is 188 Å². The summed E-state index contributed by atoms with van der Waals surface area (Å²) in [6, 6.07) is 18.7. The molecule has 2 heterocycles. The van der Waals surface area contributed by atoms with Crippen molar-refractivity contribution in [2.45, 2.75) is 13.5 Å². The third-order valence-electron chi connectivity index (χ3n) is 4.83. The summed E-state index contributed by atoms with van der Waals surface area (Å²) in [7, 11) is 1.69. The van der Waals surface area contributed by atoms with Crippen molar-refractivity contribution in [1.82, 2.24) is 14.7 Å². The first kappa shape index (κ1) is 21.1. The molecule has 0 aliphatic carbocycles. The van der Waals surface area contributed by atoms with Crippen LogP contribution in [0, 0.1) is 6.92 Å². The van der Waals surface area contributed by atoms with E-state index in [1.54, 1.807) is 29.9 Å². The number of halogens is 1. The van der Waals surface area contributed by atoms with Crippen molar-refractivity contribution in [3.63, 3.8) is 0 Å². The maximum absolute atomic E-state index is 12.6. The Morgan fingerprint density at radius 1 is 1.13 bits per heavy atom. The van der Waals surface area contributed by atoms with E-state index in [1.807, 2.05) is 49.4 Å². The van der Waals surface area contributed by atoms with Crippen molar-refractivity contribution < 1.29 is 14.3 Å². The zero-order chi connectivity index (χ0) is 22.0. The SMILES string of the molecule is Cc1nn(-c2ccc(Cl)cc2)c2sc(C(=O)OCC(=O)N(C)Cc3ccccc3)cc12. The molecule has 31 heavy (non-hydrogen) atoms. The number of hydrogen-bond acceptors (Lipinski definition) is 5. The van der Waals surface area contributed by atoms with Gasteiger partial charge in [0.2, 0.25) is 0 Å². The molecule has 4 aromatic rings. The van der Waals surface area contributed by atoms with Crippen molar-refractivity contribution in [1.29, 1.82) is 0 Å². The van der Waals surface area contributed by atoms with Crippen molar-refractivity contribution in [2.24, 2.45) is 0 Å². The Morgan fingerprint density at radius 2 is 1.84 bits per heavy atom. The first-order valence-electron chi connectivity index (χ1n) is 9.62. The van der Waals surface area contributed by atoms with Gasteiger partial charge in [-0.15, -0.1) is 11.3 Å². The lowest BCUT2D eigenvalue weighted by Crippen LogP contribution is -2.30. The number of nitrogens with zero attached hydrogens (tertiary/aromatic N) is 3. The normalized spacial score (nSPS) is 10.9. The van der Waals surface area contributed by atoms with Crippen LogP contribution in [0.25, 0.3) is 15.9 Å². The van der Waals surface area contributed by atoms with Gasteiger partial charge >= 0.3 is 5.97 Å². The molecule has 0 saturated carbocycles. The van der Waals surface area contributed by atoms with Gasteiger partial charge in [0, 0.05) is 24.0 Å². The summed E-state index contributed by atoms with van der Waals surface area (Å²) in [5.41, 5.74) is 2.66. The summed E-state index contributed by atoms with van der Waals surface area (Å²) >= 11 is 7.26. The highest BCUT2D eigenvalue weighted by Gasteiger charge is 2.20. The van der Waals surface area contributed by atoms with Gasteiger partial charge < -0.3 is 9.64 Å². The van der Waals surface area contributed by atoms with Crippen LogP contribution in [-0.2, 0) is 16.1 Å². The molecule has 2 aromatic carbocycles. The number of aryl methyl sites for hydroxylation is 1. The number of hydrogen-bond donors (Lipinski definition) is 0. The molecule has 2 aromatic heterocycles. The Balaban J connectivity index is 1.45. The lowest BCUT2D eigenvalue weighted by Gasteiger charge is -2.17. The summed E-state index contributed by atoms with van der Waals surface area (Å²) < 4.78 is 7.06. The molecule has 0 spiro atoms. The van der Waals surface area contributed by atoms with Crippen LogP contribution in [0.1, 0.15) is 20.9 Å². The molecule has 1 amide bonds. The van der Waals surface area contributed by atoms with E-state index in [4.69, 9.17) is 16.3 Å². The summed E-state index contributed by atoms with van der Waals surface area (Å²) in [4.78, 5) is 27.7. The summed E-state index contributed by atoms with van der Waals surface area (Å²) in [6.07, 6.45) is 0. The first-order chi connectivity index (χ1) is 14.9. The van der Waals surface area contributed by atoms with Crippen LogP contribution in [0.3, 0.4) is 0 Å². The third kappa shape index (κ3) is 4.62. The fourth-order valence-corrected chi connectivity index (χ4v) is 4.36. The summed E-state index contributed by atoms with van der Waals surface area (Å²) in [5.74, 6) is -0.786. The molecule has 0 fully saturated rings. The molecule has 0 radical (unpaired) electrons. The van der Waals surface area contributed by atoms with E-state index >= 15 is 0 Å². The summed E-state index contributed by atoms with van der Waals surface area (Å²) in [5, 5.41) is 6.07. The minimum Gasteiger partial charge on any atom is -0.451 e. The second-order valence-corrected chi connectivity index (χ2v) is 8.58. The number of carbonyl (C=O) groups is 2. The highest BCUT2D eigenvalue weighted by Crippen LogP contribution is 2.31. The number of likely N-dealkylation sites (N-methyl/N-ethyl adjacent to an activating group) is 1. The number of fused-ring (bicyclic) bond motifs is 1. The number of esters is 1. The van der Waals surface area contributed by atoms with Crippen molar-refractivity contribution in [2.75, 3.05) is 13.7 Å². The lowest BCUT2D eigenvalue weighted by atomic mass is 10.2. The van der Waals surface area contributed by atoms with Crippen LogP contribution in [0.2, 0.25) is 5.02 Å². The largest absolute Gasteiger partial charge is 0.451 e. The zero-order valence-electron chi connectivity index (χ0n) is 17.0.